The first-order valence-electron chi connectivity index (χ1n) is 5.47. The number of morpholine rings is 1. The largest absolute Gasteiger partial charge is 0.378 e. The van der Waals surface area contributed by atoms with Gasteiger partial charge in [-0.1, -0.05) is 0 Å². The number of nitrogens with one attached hydrogen (secondary N) is 1. The quantitative estimate of drug-likeness (QED) is 0.673. The van der Waals surface area contributed by atoms with E-state index in [1.165, 1.54) is 11.8 Å². The fourth-order valence-corrected chi connectivity index (χ4v) is 2.71. The second kappa shape index (κ2) is 5.05. The van der Waals surface area contributed by atoms with Gasteiger partial charge in [-0.05, 0) is 6.92 Å². The molecule has 0 aromatic heterocycles. The van der Waals surface area contributed by atoms with Gasteiger partial charge in [0.05, 0.1) is 18.5 Å². The summed E-state index contributed by atoms with van der Waals surface area (Å²) in [5.74, 6) is 0.655. The van der Waals surface area contributed by atoms with Gasteiger partial charge in [-0.3, -0.25) is 9.59 Å². The normalized spacial score (nSPS) is 31.1. The fourth-order valence-electron chi connectivity index (χ4n) is 1.78. The number of hydrogen-bond donors (Lipinski definition) is 1. The van der Waals surface area contributed by atoms with Crippen LogP contribution in [0.3, 0.4) is 0 Å². The standard InChI is InChI=1S/C10H16N2O3S/c1-7-9(13)11-8(6-16-7)10(14)12-2-4-15-5-3-12/h7-8H,2-6H2,1H3,(H,11,13)/t7-,8-/m1/s1. The summed E-state index contributed by atoms with van der Waals surface area (Å²) in [6.07, 6.45) is 0. The summed E-state index contributed by atoms with van der Waals surface area (Å²) in [5.41, 5.74) is 0. The molecule has 2 aliphatic rings. The van der Waals surface area contributed by atoms with Crippen molar-refractivity contribution in [3.05, 3.63) is 0 Å². The van der Waals surface area contributed by atoms with Gasteiger partial charge in [0.25, 0.3) is 0 Å². The Hall–Kier alpha value is -0.750. The zero-order valence-corrected chi connectivity index (χ0v) is 10.1. The molecule has 2 aliphatic heterocycles. The zero-order valence-electron chi connectivity index (χ0n) is 9.27. The summed E-state index contributed by atoms with van der Waals surface area (Å²) in [6.45, 7) is 4.30. The molecular formula is C10H16N2O3S. The van der Waals surface area contributed by atoms with Crippen LogP contribution in [0.2, 0.25) is 0 Å². The van der Waals surface area contributed by atoms with Gasteiger partial charge in [0.1, 0.15) is 6.04 Å². The summed E-state index contributed by atoms with van der Waals surface area (Å²) < 4.78 is 5.19. The lowest BCUT2D eigenvalue weighted by molar-refractivity contribution is -0.139. The SMILES string of the molecule is C[C@H]1SC[C@H](C(=O)N2CCOCC2)NC1=O. The molecule has 0 aromatic rings. The molecule has 0 aliphatic carbocycles. The number of amides is 2. The molecule has 2 rings (SSSR count). The first kappa shape index (κ1) is 11.7. The van der Waals surface area contributed by atoms with Crippen LogP contribution in [0, 0.1) is 0 Å². The van der Waals surface area contributed by atoms with E-state index in [4.69, 9.17) is 4.74 Å². The van der Waals surface area contributed by atoms with Crippen LogP contribution in [0.15, 0.2) is 0 Å². The number of carbonyl (C=O) groups excluding carboxylic acids is 2. The highest BCUT2D eigenvalue weighted by molar-refractivity contribution is 8.00. The van der Waals surface area contributed by atoms with Crippen molar-refractivity contribution in [3.8, 4) is 0 Å². The molecule has 2 fully saturated rings. The molecule has 6 heteroatoms. The van der Waals surface area contributed by atoms with Gasteiger partial charge in [0.15, 0.2) is 0 Å². The molecule has 5 nitrogen and oxygen atoms in total. The van der Waals surface area contributed by atoms with Crippen LogP contribution in [0.25, 0.3) is 0 Å². The summed E-state index contributed by atoms with van der Waals surface area (Å²) in [6, 6.07) is -0.355. The van der Waals surface area contributed by atoms with Crippen LogP contribution in [-0.4, -0.2) is 60.1 Å². The topological polar surface area (TPSA) is 58.6 Å². The number of thioether (sulfide) groups is 1. The highest BCUT2D eigenvalue weighted by Crippen LogP contribution is 2.18. The van der Waals surface area contributed by atoms with Gasteiger partial charge in [-0.15, -0.1) is 11.8 Å². The number of nitrogens with zero attached hydrogens (tertiary/aromatic N) is 1. The highest BCUT2D eigenvalue weighted by atomic mass is 32.2. The average Bonchev–Trinajstić information content (AvgIpc) is 2.33. The third kappa shape index (κ3) is 2.49. The molecular weight excluding hydrogens is 228 g/mol. The van der Waals surface area contributed by atoms with Crippen LogP contribution in [-0.2, 0) is 14.3 Å². The van der Waals surface area contributed by atoms with Crippen LogP contribution >= 0.6 is 11.8 Å². The van der Waals surface area contributed by atoms with Gasteiger partial charge >= 0.3 is 0 Å². The lowest BCUT2D eigenvalue weighted by atomic mass is 10.2. The molecule has 1 N–H and O–H groups in total. The Morgan fingerprint density at radius 1 is 1.50 bits per heavy atom. The molecule has 0 spiro atoms. The van der Waals surface area contributed by atoms with E-state index >= 15 is 0 Å². The van der Waals surface area contributed by atoms with E-state index in [9.17, 15) is 9.59 Å². The van der Waals surface area contributed by atoms with Gasteiger partial charge in [0.2, 0.25) is 11.8 Å². The summed E-state index contributed by atoms with van der Waals surface area (Å²) in [4.78, 5) is 25.3. The summed E-state index contributed by atoms with van der Waals surface area (Å²) in [5, 5.41) is 2.72. The van der Waals surface area contributed by atoms with Crippen LogP contribution < -0.4 is 5.32 Å². The smallest absolute Gasteiger partial charge is 0.246 e. The van der Waals surface area contributed by atoms with Crippen molar-refractivity contribution >= 4 is 23.6 Å². The van der Waals surface area contributed by atoms with Crippen molar-refractivity contribution in [2.75, 3.05) is 32.1 Å². The first-order chi connectivity index (χ1) is 7.68. The van der Waals surface area contributed by atoms with E-state index in [0.29, 0.717) is 32.1 Å². The molecule has 90 valence electrons. The molecule has 0 radical (unpaired) electrons. The minimum Gasteiger partial charge on any atom is -0.378 e. The van der Waals surface area contributed by atoms with E-state index in [1.807, 2.05) is 6.92 Å². The summed E-state index contributed by atoms with van der Waals surface area (Å²) >= 11 is 1.54. The van der Waals surface area contributed by atoms with Crippen molar-refractivity contribution in [2.24, 2.45) is 0 Å². The third-order valence-corrected chi connectivity index (χ3v) is 4.06. The van der Waals surface area contributed by atoms with Gasteiger partial charge < -0.3 is 15.0 Å². The first-order valence-corrected chi connectivity index (χ1v) is 6.52. The van der Waals surface area contributed by atoms with E-state index in [2.05, 4.69) is 5.32 Å². The number of hydrogen-bond acceptors (Lipinski definition) is 4. The average molecular weight is 244 g/mol. The predicted octanol–water partition coefficient (Wildman–Crippen LogP) is -0.535. The number of rotatable bonds is 1. The molecule has 0 aromatic carbocycles. The Labute approximate surface area is 98.9 Å². The second-order valence-electron chi connectivity index (χ2n) is 3.97. The molecule has 2 amide bonds. The minimum atomic E-state index is -0.355. The predicted molar refractivity (Wildman–Crippen MR) is 61.2 cm³/mol. The Morgan fingerprint density at radius 3 is 2.81 bits per heavy atom. The van der Waals surface area contributed by atoms with Gasteiger partial charge in [-0.25, -0.2) is 0 Å². The molecule has 0 bridgehead atoms. The van der Waals surface area contributed by atoms with Crippen molar-refractivity contribution in [1.29, 1.82) is 0 Å². The van der Waals surface area contributed by atoms with Gasteiger partial charge in [-0.2, -0.15) is 0 Å². The monoisotopic (exact) mass is 244 g/mol. The van der Waals surface area contributed by atoms with Crippen molar-refractivity contribution in [3.63, 3.8) is 0 Å². The lowest BCUT2D eigenvalue weighted by Gasteiger charge is -2.33. The maximum absolute atomic E-state index is 12.0. The molecule has 16 heavy (non-hydrogen) atoms. The number of carbonyl (C=O) groups is 2. The molecule has 0 saturated carbocycles. The van der Waals surface area contributed by atoms with Crippen LogP contribution in [0.5, 0.6) is 0 Å². The van der Waals surface area contributed by atoms with Crippen molar-refractivity contribution < 1.29 is 14.3 Å². The maximum Gasteiger partial charge on any atom is 0.246 e. The Bertz CT molecular complexity index is 292. The minimum absolute atomic E-state index is 0.0241. The summed E-state index contributed by atoms with van der Waals surface area (Å²) in [7, 11) is 0. The van der Waals surface area contributed by atoms with Gasteiger partial charge in [0, 0.05) is 18.8 Å². The molecule has 0 unspecified atom stereocenters. The molecule has 2 saturated heterocycles. The second-order valence-corrected chi connectivity index (χ2v) is 5.35. The Kier molecular flexibility index (Phi) is 3.70. The van der Waals surface area contributed by atoms with E-state index < -0.39 is 0 Å². The Balaban J connectivity index is 1.91. The third-order valence-electron chi connectivity index (χ3n) is 2.82. The van der Waals surface area contributed by atoms with Crippen molar-refractivity contribution in [2.45, 2.75) is 18.2 Å². The Morgan fingerprint density at radius 2 is 2.19 bits per heavy atom. The highest BCUT2D eigenvalue weighted by Gasteiger charge is 2.32. The number of ether oxygens (including phenoxy) is 1. The van der Waals surface area contributed by atoms with Crippen LogP contribution in [0.4, 0.5) is 0 Å². The fraction of sp³-hybridized carbons (Fsp3) is 0.800. The molecule has 2 heterocycles. The maximum atomic E-state index is 12.0. The van der Waals surface area contributed by atoms with E-state index in [1.54, 1.807) is 4.90 Å². The zero-order chi connectivity index (χ0) is 11.5. The van der Waals surface area contributed by atoms with E-state index in [0.717, 1.165) is 0 Å². The lowest BCUT2D eigenvalue weighted by Crippen LogP contribution is -2.56. The van der Waals surface area contributed by atoms with E-state index in [-0.39, 0.29) is 23.1 Å². The van der Waals surface area contributed by atoms with Crippen LogP contribution in [0.1, 0.15) is 6.92 Å². The van der Waals surface area contributed by atoms with Crippen molar-refractivity contribution in [1.82, 2.24) is 10.2 Å². The molecule has 2 atom stereocenters.